The topological polar surface area (TPSA) is 157 Å². The maximum Gasteiger partial charge on any atom is 0.408 e. The molecule has 2 aromatic carbocycles. The van der Waals surface area contributed by atoms with E-state index in [-0.39, 0.29) is 25.8 Å². The summed E-state index contributed by atoms with van der Waals surface area (Å²) in [5, 5.41) is 5.37. The number of hydrogen-bond donors (Lipinski definition) is 3. The Morgan fingerprint density at radius 2 is 1.52 bits per heavy atom. The van der Waals surface area contributed by atoms with Gasteiger partial charge in [0.25, 0.3) is 0 Å². The van der Waals surface area contributed by atoms with Gasteiger partial charge in [-0.1, -0.05) is 66.2 Å². The van der Waals surface area contributed by atoms with E-state index in [1.165, 1.54) is 11.0 Å². The summed E-state index contributed by atoms with van der Waals surface area (Å²) in [4.78, 5) is 67.6. The molecule has 0 bridgehead atoms. The summed E-state index contributed by atoms with van der Waals surface area (Å²) < 4.78 is 11.0. The number of hydrogen-bond acceptors (Lipinski definition) is 7. The monoisotopic (exact) mass is 636 g/mol. The smallest absolute Gasteiger partial charge is 0.408 e. The zero-order chi connectivity index (χ0) is 34.7. The van der Waals surface area contributed by atoms with E-state index in [0.29, 0.717) is 5.56 Å². The minimum Gasteiger partial charge on any atom is -0.458 e. The van der Waals surface area contributed by atoms with Crippen molar-refractivity contribution in [3.8, 4) is 0 Å². The van der Waals surface area contributed by atoms with E-state index in [1.54, 1.807) is 59.7 Å². The summed E-state index contributed by atoms with van der Waals surface area (Å²) >= 11 is 0. The highest BCUT2D eigenvalue weighted by Gasteiger charge is 2.38. The summed E-state index contributed by atoms with van der Waals surface area (Å²) in [5.74, 6) is -2.64. The van der Waals surface area contributed by atoms with Crippen LogP contribution in [0.25, 0.3) is 0 Å². The standard InChI is InChI=1S/C35H48N4O7/c1-9-20-39(31(42)26(18-19-28(36)40)38-33(44)46-35(6,7)8)29(25-17-13-14-23(2)21-25)30(41)37-27(32(43)45-34(3,4)5)22-24-15-11-10-12-16-24/h9-17,21,26-27,29H,1,18-20,22H2,2-8H3,(H2,36,40)(H,37,41)(H,38,44). The zero-order valence-electron chi connectivity index (χ0n) is 27.9. The lowest BCUT2D eigenvalue weighted by atomic mass is 9.99. The number of esters is 1. The molecular weight excluding hydrogens is 588 g/mol. The van der Waals surface area contributed by atoms with Crippen LogP contribution in [-0.2, 0) is 35.1 Å². The highest BCUT2D eigenvalue weighted by Crippen LogP contribution is 2.25. The van der Waals surface area contributed by atoms with Gasteiger partial charge in [0, 0.05) is 19.4 Å². The predicted molar refractivity (Wildman–Crippen MR) is 175 cm³/mol. The first-order chi connectivity index (χ1) is 21.4. The molecule has 2 aromatic rings. The number of aryl methyl sites for hydroxylation is 1. The van der Waals surface area contributed by atoms with Crippen molar-refractivity contribution in [2.75, 3.05) is 6.54 Å². The van der Waals surface area contributed by atoms with Gasteiger partial charge in [0.2, 0.25) is 17.7 Å². The van der Waals surface area contributed by atoms with Gasteiger partial charge >= 0.3 is 12.1 Å². The molecule has 4 N–H and O–H groups in total. The highest BCUT2D eigenvalue weighted by molar-refractivity contribution is 5.94. The Morgan fingerprint density at radius 1 is 0.891 bits per heavy atom. The van der Waals surface area contributed by atoms with Crippen LogP contribution in [0.5, 0.6) is 0 Å². The van der Waals surface area contributed by atoms with E-state index in [1.807, 2.05) is 43.3 Å². The van der Waals surface area contributed by atoms with Crippen LogP contribution in [-0.4, -0.2) is 64.5 Å². The summed E-state index contributed by atoms with van der Waals surface area (Å²) in [6, 6.07) is 12.6. The Balaban J connectivity index is 2.59. The molecule has 250 valence electrons. The number of primary amides is 1. The maximum absolute atomic E-state index is 14.3. The molecule has 0 aliphatic heterocycles. The lowest BCUT2D eigenvalue weighted by Gasteiger charge is -2.35. The summed E-state index contributed by atoms with van der Waals surface area (Å²) in [7, 11) is 0. The van der Waals surface area contributed by atoms with Gasteiger partial charge in [0.05, 0.1) is 0 Å². The number of rotatable bonds is 14. The average molecular weight is 637 g/mol. The molecule has 0 saturated carbocycles. The number of amides is 4. The van der Waals surface area contributed by atoms with E-state index >= 15 is 0 Å². The molecule has 0 radical (unpaired) electrons. The molecule has 0 spiro atoms. The fourth-order valence-electron chi connectivity index (χ4n) is 4.64. The van der Waals surface area contributed by atoms with Crippen molar-refractivity contribution >= 4 is 29.8 Å². The quantitative estimate of drug-likeness (QED) is 0.206. The first kappa shape index (κ1) is 37.5. The van der Waals surface area contributed by atoms with Crippen molar-refractivity contribution in [2.45, 2.75) is 97.1 Å². The molecule has 11 nitrogen and oxygen atoms in total. The minimum atomic E-state index is -1.27. The van der Waals surface area contributed by atoms with Gasteiger partial charge in [-0.2, -0.15) is 0 Å². The van der Waals surface area contributed by atoms with Crippen LogP contribution in [0.3, 0.4) is 0 Å². The lowest BCUT2D eigenvalue weighted by Crippen LogP contribution is -2.55. The van der Waals surface area contributed by atoms with Crippen LogP contribution in [0.2, 0.25) is 0 Å². The second-order valence-corrected chi connectivity index (χ2v) is 13.1. The Hall–Kier alpha value is -4.67. The first-order valence-electron chi connectivity index (χ1n) is 15.2. The third-order valence-corrected chi connectivity index (χ3v) is 6.49. The average Bonchev–Trinajstić information content (AvgIpc) is 2.93. The number of carbonyl (C=O) groups is 5. The van der Waals surface area contributed by atoms with Gasteiger partial charge in [0.1, 0.15) is 29.3 Å². The van der Waals surface area contributed by atoms with Crippen molar-refractivity contribution in [1.82, 2.24) is 15.5 Å². The highest BCUT2D eigenvalue weighted by atomic mass is 16.6. The molecule has 3 unspecified atom stereocenters. The number of nitrogens with zero attached hydrogens (tertiary/aromatic N) is 1. The van der Waals surface area contributed by atoms with Gasteiger partial charge in [-0.25, -0.2) is 9.59 Å². The predicted octanol–water partition coefficient (Wildman–Crippen LogP) is 4.28. The molecule has 3 atom stereocenters. The first-order valence-corrected chi connectivity index (χ1v) is 15.2. The molecule has 0 heterocycles. The normalized spacial score (nSPS) is 13.4. The molecule has 0 aliphatic carbocycles. The summed E-state index contributed by atoms with van der Waals surface area (Å²) in [6.45, 7) is 15.7. The Kier molecular flexibility index (Phi) is 13.5. The van der Waals surface area contributed by atoms with Gasteiger partial charge in [-0.3, -0.25) is 14.4 Å². The molecule has 46 heavy (non-hydrogen) atoms. The molecule has 0 saturated heterocycles. The van der Waals surface area contributed by atoms with Crippen LogP contribution >= 0.6 is 0 Å². The van der Waals surface area contributed by atoms with Gasteiger partial charge in [-0.15, -0.1) is 6.58 Å². The Bertz CT molecular complexity index is 1380. The van der Waals surface area contributed by atoms with Crippen LogP contribution in [0.4, 0.5) is 4.79 Å². The Labute approximate surface area is 271 Å². The van der Waals surface area contributed by atoms with Crippen molar-refractivity contribution in [3.05, 3.63) is 83.9 Å². The minimum absolute atomic E-state index is 0.107. The van der Waals surface area contributed by atoms with Crippen molar-refractivity contribution in [1.29, 1.82) is 0 Å². The number of ether oxygens (including phenoxy) is 2. The molecule has 2 rings (SSSR count). The van der Waals surface area contributed by atoms with E-state index in [9.17, 15) is 24.0 Å². The summed E-state index contributed by atoms with van der Waals surface area (Å²) in [5.41, 5.74) is 5.78. The van der Waals surface area contributed by atoms with E-state index in [2.05, 4.69) is 17.2 Å². The molecule has 4 amide bonds. The van der Waals surface area contributed by atoms with Crippen LogP contribution < -0.4 is 16.4 Å². The zero-order valence-corrected chi connectivity index (χ0v) is 27.9. The maximum atomic E-state index is 14.3. The lowest BCUT2D eigenvalue weighted by molar-refractivity contribution is -0.159. The van der Waals surface area contributed by atoms with Gasteiger partial charge in [0.15, 0.2) is 0 Å². The van der Waals surface area contributed by atoms with Crippen molar-refractivity contribution in [3.63, 3.8) is 0 Å². The molecule has 0 aliphatic rings. The van der Waals surface area contributed by atoms with Crippen LogP contribution in [0, 0.1) is 6.92 Å². The molecular formula is C35H48N4O7. The van der Waals surface area contributed by atoms with E-state index in [4.69, 9.17) is 15.2 Å². The van der Waals surface area contributed by atoms with Crippen LogP contribution in [0.15, 0.2) is 67.3 Å². The van der Waals surface area contributed by atoms with Crippen LogP contribution in [0.1, 0.15) is 77.1 Å². The molecule has 0 aromatic heterocycles. The number of benzene rings is 2. The molecule has 0 fully saturated rings. The molecule has 11 heteroatoms. The third-order valence-electron chi connectivity index (χ3n) is 6.49. The van der Waals surface area contributed by atoms with Gasteiger partial charge < -0.3 is 30.7 Å². The fourth-order valence-corrected chi connectivity index (χ4v) is 4.64. The van der Waals surface area contributed by atoms with Crippen molar-refractivity contribution < 1.29 is 33.4 Å². The SMILES string of the molecule is C=CCN(C(=O)C(CCC(N)=O)NC(=O)OC(C)(C)C)C(C(=O)NC(Cc1ccccc1)C(=O)OC(C)(C)C)c1cccc(C)c1. The van der Waals surface area contributed by atoms with Crippen molar-refractivity contribution in [2.24, 2.45) is 5.73 Å². The summed E-state index contributed by atoms with van der Waals surface area (Å²) in [6.07, 6.45) is 0.351. The number of carbonyl (C=O) groups excluding carboxylic acids is 5. The second kappa shape index (κ2) is 16.6. The van der Waals surface area contributed by atoms with E-state index < -0.39 is 59.1 Å². The van der Waals surface area contributed by atoms with Gasteiger partial charge in [-0.05, 0) is 66.0 Å². The number of nitrogens with two attached hydrogens (primary N) is 1. The second-order valence-electron chi connectivity index (χ2n) is 13.1. The number of alkyl carbamates (subject to hydrolysis) is 1. The Morgan fingerprint density at radius 3 is 2.07 bits per heavy atom. The van der Waals surface area contributed by atoms with E-state index in [0.717, 1.165) is 11.1 Å². The third kappa shape index (κ3) is 12.7. The largest absolute Gasteiger partial charge is 0.458 e. The fraction of sp³-hybridized carbons (Fsp3) is 0.457. The number of nitrogens with one attached hydrogen (secondary N) is 2.